The molecule has 0 bridgehead atoms. The molecule has 2 N–H and O–H groups in total. The van der Waals surface area contributed by atoms with Gasteiger partial charge in [-0.25, -0.2) is 0 Å². The average Bonchev–Trinajstić information content (AvgIpc) is 2.71. The van der Waals surface area contributed by atoms with Crippen molar-refractivity contribution in [2.45, 2.75) is 26.2 Å². The van der Waals surface area contributed by atoms with E-state index in [0.717, 1.165) is 11.4 Å². The normalized spacial score (nSPS) is 16.3. The third-order valence-corrected chi connectivity index (χ3v) is 4.59. The van der Waals surface area contributed by atoms with Gasteiger partial charge < -0.3 is 5.73 Å². The molecule has 0 heterocycles. The van der Waals surface area contributed by atoms with E-state index >= 15 is 0 Å². The minimum atomic E-state index is 0.396. The van der Waals surface area contributed by atoms with Gasteiger partial charge in [-0.2, -0.15) is 0 Å². The van der Waals surface area contributed by atoms with Crippen LogP contribution in [0.4, 0.5) is 0 Å². The average molecular weight is 272 g/mol. The lowest BCUT2D eigenvalue weighted by atomic mass is 9.92. The van der Waals surface area contributed by atoms with E-state index in [9.17, 15) is 0 Å². The maximum atomic E-state index is 6.46. The predicted octanol–water partition coefficient (Wildman–Crippen LogP) is 4.42. The van der Waals surface area contributed by atoms with Gasteiger partial charge in [0, 0.05) is 16.5 Å². The molecule has 2 aromatic carbocycles. The Morgan fingerprint density at radius 2 is 1.79 bits per heavy atom. The van der Waals surface area contributed by atoms with Crippen LogP contribution in [0.5, 0.6) is 0 Å². The van der Waals surface area contributed by atoms with Gasteiger partial charge in [-0.05, 0) is 60.7 Å². The van der Waals surface area contributed by atoms with Crippen LogP contribution in [0.2, 0.25) is 5.02 Å². The summed E-state index contributed by atoms with van der Waals surface area (Å²) >= 11 is 6.46. The summed E-state index contributed by atoms with van der Waals surface area (Å²) in [7, 11) is 0. The number of nitrogens with two attached hydrogens (primary N) is 1. The van der Waals surface area contributed by atoms with Crippen LogP contribution < -0.4 is 5.73 Å². The van der Waals surface area contributed by atoms with E-state index in [1.165, 1.54) is 33.4 Å². The third kappa shape index (κ3) is 1.80. The van der Waals surface area contributed by atoms with Crippen molar-refractivity contribution in [3.8, 4) is 11.1 Å². The van der Waals surface area contributed by atoms with Gasteiger partial charge in [0.05, 0.1) is 0 Å². The number of hydrogen-bond donors (Lipinski definition) is 1. The van der Waals surface area contributed by atoms with Gasteiger partial charge in [0.15, 0.2) is 0 Å². The molecule has 0 saturated carbocycles. The molecule has 98 valence electrons. The summed E-state index contributed by atoms with van der Waals surface area (Å²) < 4.78 is 0. The van der Waals surface area contributed by atoms with Crippen molar-refractivity contribution in [2.24, 2.45) is 5.73 Å². The summed E-state index contributed by atoms with van der Waals surface area (Å²) in [4.78, 5) is 0. The molecule has 1 unspecified atom stereocenters. The zero-order chi connectivity index (χ0) is 13.6. The van der Waals surface area contributed by atoms with Crippen molar-refractivity contribution >= 4 is 11.6 Å². The standard InChI is InChI=1S/C17H18ClN/c1-10-6-7-14-12(8-9-19)13-4-3-5-15(18)17(13)16(14)11(10)2/h3-7,12H,8-9,19H2,1-2H3. The first-order chi connectivity index (χ1) is 9.15. The molecule has 1 atom stereocenters. The van der Waals surface area contributed by atoms with Gasteiger partial charge in [0.25, 0.3) is 0 Å². The number of aryl methyl sites for hydroxylation is 1. The fourth-order valence-electron chi connectivity index (χ4n) is 3.20. The van der Waals surface area contributed by atoms with Crippen molar-refractivity contribution in [3.63, 3.8) is 0 Å². The molecule has 2 aromatic rings. The molecular weight excluding hydrogens is 254 g/mol. The molecule has 19 heavy (non-hydrogen) atoms. The van der Waals surface area contributed by atoms with E-state index in [4.69, 9.17) is 17.3 Å². The first kappa shape index (κ1) is 12.7. The highest BCUT2D eigenvalue weighted by Gasteiger charge is 2.31. The highest BCUT2D eigenvalue weighted by atomic mass is 35.5. The Morgan fingerprint density at radius 1 is 1.05 bits per heavy atom. The lowest BCUT2D eigenvalue weighted by Crippen LogP contribution is -2.06. The van der Waals surface area contributed by atoms with E-state index in [0.29, 0.717) is 12.5 Å². The molecule has 0 fully saturated rings. The van der Waals surface area contributed by atoms with Crippen LogP contribution in [-0.4, -0.2) is 6.54 Å². The quantitative estimate of drug-likeness (QED) is 0.860. The van der Waals surface area contributed by atoms with Gasteiger partial charge in [-0.1, -0.05) is 35.9 Å². The topological polar surface area (TPSA) is 26.0 Å². The molecule has 2 heteroatoms. The summed E-state index contributed by atoms with van der Waals surface area (Å²) in [5, 5.41) is 0.854. The summed E-state index contributed by atoms with van der Waals surface area (Å²) in [6.07, 6.45) is 0.975. The lowest BCUT2D eigenvalue weighted by Gasteiger charge is -2.13. The number of benzene rings is 2. The molecule has 1 nitrogen and oxygen atoms in total. The fraction of sp³-hybridized carbons (Fsp3) is 0.294. The second-order valence-electron chi connectivity index (χ2n) is 5.31. The fourth-order valence-corrected chi connectivity index (χ4v) is 3.48. The van der Waals surface area contributed by atoms with E-state index < -0.39 is 0 Å². The van der Waals surface area contributed by atoms with Crippen molar-refractivity contribution in [1.82, 2.24) is 0 Å². The first-order valence-corrected chi connectivity index (χ1v) is 7.12. The Balaban J connectivity index is 2.34. The Labute approximate surface area is 119 Å². The monoisotopic (exact) mass is 271 g/mol. The maximum absolute atomic E-state index is 6.46. The van der Waals surface area contributed by atoms with Crippen molar-refractivity contribution in [1.29, 1.82) is 0 Å². The Hall–Kier alpha value is -1.31. The molecule has 0 aromatic heterocycles. The smallest absolute Gasteiger partial charge is 0.0487 e. The van der Waals surface area contributed by atoms with E-state index in [-0.39, 0.29) is 0 Å². The SMILES string of the molecule is Cc1ccc2c(c1C)-c1c(Cl)cccc1C2CCN. The molecule has 0 aliphatic heterocycles. The zero-order valence-electron chi connectivity index (χ0n) is 11.3. The predicted molar refractivity (Wildman–Crippen MR) is 81.9 cm³/mol. The van der Waals surface area contributed by atoms with E-state index in [1.807, 2.05) is 12.1 Å². The molecule has 1 aliphatic rings. The number of fused-ring (bicyclic) bond motifs is 3. The van der Waals surface area contributed by atoms with Crippen LogP contribution in [-0.2, 0) is 0 Å². The molecule has 0 radical (unpaired) electrons. The van der Waals surface area contributed by atoms with Crippen LogP contribution in [0.25, 0.3) is 11.1 Å². The molecular formula is C17H18ClN. The first-order valence-electron chi connectivity index (χ1n) is 6.74. The second-order valence-corrected chi connectivity index (χ2v) is 5.71. The van der Waals surface area contributed by atoms with Crippen molar-refractivity contribution in [3.05, 3.63) is 57.6 Å². The summed E-state index contributed by atoms with van der Waals surface area (Å²) in [6, 6.07) is 10.7. The second kappa shape index (κ2) is 4.66. The van der Waals surface area contributed by atoms with Crippen molar-refractivity contribution < 1.29 is 0 Å². The van der Waals surface area contributed by atoms with Gasteiger partial charge in [-0.15, -0.1) is 0 Å². The van der Waals surface area contributed by atoms with Gasteiger partial charge in [0.2, 0.25) is 0 Å². The third-order valence-electron chi connectivity index (χ3n) is 4.27. The number of rotatable bonds is 2. The Bertz CT molecular complexity index is 646. The van der Waals surface area contributed by atoms with Gasteiger partial charge in [0.1, 0.15) is 0 Å². The van der Waals surface area contributed by atoms with Crippen LogP contribution in [0.1, 0.15) is 34.6 Å². The van der Waals surface area contributed by atoms with Gasteiger partial charge in [-0.3, -0.25) is 0 Å². The number of halogens is 1. The minimum absolute atomic E-state index is 0.396. The largest absolute Gasteiger partial charge is 0.330 e. The van der Waals surface area contributed by atoms with E-state index in [1.54, 1.807) is 0 Å². The zero-order valence-corrected chi connectivity index (χ0v) is 12.1. The van der Waals surface area contributed by atoms with Gasteiger partial charge >= 0.3 is 0 Å². The molecule has 0 spiro atoms. The highest BCUT2D eigenvalue weighted by molar-refractivity contribution is 6.33. The van der Waals surface area contributed by atoms with E-state index in [2.05, 4.69) is 32.0 Å². The minimum Gasteiger partial charge on any atom is -0.330 e. The highest BCUT2D eigenvalue weighted by Crippen LogP contribution is 2.50. The van der Waals surface area contributed by atoms with Crippen molar-refractivity contribution in [2.75, 3.05) is 6.54 Å². The van der Waals surface area contributed by atoms with Crippen LogP contribution in [0.15, 0.2) is 30.3 Å². The molecule has 3 rings (SSSR count). The Morgan fingerprint density at radius 3 is 2.53 bits per heavy atom. The summed E-state index contributed by atoms with van der Waals surface area (Å²) in [5.41, 5.74) is 13.7. The summed E-state index contributed by atoms with van der Waals surface area (Å²) in [5.74, 6) is 0.396. The Kier molecular flexibility index (Phi) is 3.12. The van der Waals surface area contributed by atoms with Crippen LogP contribution >= 0.6 is 11.6 Å². The molecule has 0 amide bonds. The number of hydrogen-bond acceptors (Lipinski definition) is 1. The molecule has 0 saturated heterocycles. The van der Waals surface area contributed by atoms with Crippen LogP contribution in [0, 0.1) is 13.8 Å². The summed E-state index contributed by atoms with van der Waals surface area (Å²) in [6.45, 7) is 5.04. The lowest BCUT2D eigenvalue weighted by molar-refractivity contribution is 0.740. The molecule has 1 aliphatic carbocycles. The van der Waals surface area contributed by atoms with Crippen LogP contribution in [0.3, 0.4) is 0 Å². The maximum Gasteiger partial charge on any atom is 0.0487 e.